The van der Waals surface area contributed by atoms with Gasteiger partial charge in [0.15, 0.2) is 5.65 Å². The lowest BCUT2D eigenvalue weighted by Crippen LogP contribution is -2.14. The van der Waals surface area contributed by atoms with Gasteiger partial charge in [0.25, 0.3) is 0 Å². The average molecular weight is 379 g/mol. The van der Waals surface area contributed by atoms with Crippen molar-refractivity contribution in [3.8, 4) is 5.75 Å². The molecule has 1 aromatic carbocycles. The van der Waals surface area contributed by atoms with Gasteiger partial charge in [-0.05, 0) is 54.7 Å². The Labute approximate surface area is 152 Å². The molecule has 0 saturated heterocycles. The number of alkyl halides is 3. The summed E-state index contributed by atoms with van der Waals surface area (Å²) in [6, 6.07) is 6.79. The third-order valence-electron chi connectivity index (χ3n) is 4.64. The monoisotopic (exact) mass is 379 g/mol. The maximum Gasteiger partial charge on any atom is 0.420 e. The zero-order chi connectivity index (χ0) is 19.0. The second kappa shape index (κ2) is 6.83. The molecule has 1 fully saturated rings. The van der Waals surface area contributed by atoms with Gasteiger partial charge in [-0.2, -0.15) is 13.2 Å². The lowest BCUT2D eigenvalue weighted by molar-refractivity contribution is -0.137. The number of benzene rings is 1. The van der Waals surface area contributed by atoms with Gasteiger partial charge in [0.05, 0.1) is 6.61 Å². The fourth-order valence-corrected chi connectivity index (χ4v) is 3.09. The summed E-state index contributed by atoms with van der Waals surface area (Å²) in [4.78, 5) is 0. The van der Waals surface area contributed by atoms with Gasteiger partial charge in [-0.1, -0.05) is 0 Å². The van der Waals surface area contributed by atoms with Crippen molar-refractivity contribution >= 4 is 5.65 Å². The first-order chi connectivity index (χ1) is 12.9. The van der Waals surface area contributed by atoms with Gasteiger partial charge in [0, 0.05) is 19.0 Å². The summed E-state index contributed by atoms with van der Waals surface area (Å²) < 4.78 is 60.8. The van der Waals surface area contributed by atoms with Crippen molar-refractivity contribution in [2.24, 2.45) is 5.92 Å². The van der Waals surface area contributed by atoms with Crippen molar-refractivity contribution in [2.75, 3.05) is 6.61 Å². The molecular weight excluding hydrogens is 362 g/mol. The molecule has 1 aliphatic rings. The number of halogens is 4. The highest BCUT2D eigenvalue weighted by Gasteiger charge is 2.37. The third-order valence-corrected chi connectivity index (χ3v) is 4.64. The van der Waals surface area contributed by atoms with Gasteiger partial charge in [0.1, 0.15) is 23.0 Å². The Morgan fingerprint density at radius 2 is 1.81 bits per heavy atom. The summed E-state index contributed by atoms with van der Waals surface area (Å²) >= 11 is 0. The summed E-state index contributed by atoms with van der Waals surface area (Å²) in [6.45, 7) is 0.0357. The minimum absolute atomic E-state index is 0.0357. The molecule has 3 aromatic rings. The van der Waals surface area contributed by atoms with Crippen molar-refractivity contribution < 1.29 is 22.3 Å². The third kappa shape index (κ3) is 3.89. The molecule has 27 heavy (non-hydrogen) atoms. The van der Waals surface area contributed by atoms with Crippen LogP contribution in [0.1, 0.15) is 29.8 Å². The number of ether oxygens (including phenoxy) is 1. The largest absolute Gasteiger partial charge is 0.493 e. The first kappa shape index (κ1) is 17.8. The Kier molecular flexibility index (Phi) is 4.49. The molecule has 0 bridgehead atoms. The standard InChI is InChI=1S/C19H17F4N3O/c20-14-3-5-15(6-4-14)27-10-8-13-7-9-26-16(11-12-1-2-12)24-25-18(26)17(13)19(21,22)23/h3-7,9,12H,1-2,8,10-11H2. The predicted octanol–water partition coefficient (Wildman–Crippen LogP) is 4.46. The fourth-order valence-electron chi connectivity index (χ4n) is 3.09. The van der Waals surface area contributed by atoms with Crippen LogP contribution >= 0.6 is 0 Å². The Balaban J connectivity index is 1.58. The van der Waals surface area contributed by atoms with Crippen LogP contribution in [-0.2, 0) is 19.0 Å². The molecule has 4 rings (SSSR count). The van der Waals surface area contributed by atoms with Crippen LogP contribution in [0.3, 0.4) is 0 Å². The summed E-state index contributed by atoms with van der Waals surface area (Å²) in [5, 5.41) is 7.79. The van der Waals surface area contributed by atoms with Crippen molar-refractivity contribution in [1.29, 1.82) is 0 Å². The molecular formula is C19H17F4N3O. The van der Waals surface area contributed by atoms with Crippen LogP contribution in [0.15, 0.2) is 36.5 Å². The van der Waals surface area contributed by atoms with Gasteiger partial charge in [-0.25, -0.2) is 4.39 Å². The molecule has 0 amide bonds. The van der Waals surface area contributed by atoms with Crippen LogP contribution in [0.5, 0.6) is 5.75 Å². The van der Waals surface area contributed by atoms with Crippen LogP contribution in [-0.4, -0.2) is 21.2 Å². The molecule has 1 aliphatic carbocycles. The molecule has 2 aromatic heterocycles. The Morgan fingerprint density at radius 1 is 1.07 bits per heavy atom. The van der Waals surface area contributed by atoms with E-state index in [-0.39, 0.29) is 24.2 Å². The molecule has 0 unspecified atom stereocenters. The highest BCUT2D eigenvalue weighted by Crippen LogP contribution is 2.36. The first-order valence-electron chi connectivity index (χ1n) is 8.73. The van der Waals surface area contributed by atoms with Crippen LogP contribution in [0, 0.1) is 11.7 Å². The topological polar surface area (TPSA) is 39.4 Å². The van der Waals surface area contributed by atoms with E-state index in [0.717, 1.165) is 12.8 Å². The van der Waals surface area contributed by atoms with E-state index in [9.17, 15) is 17.6 Å². The molecule has 2 heterocycles. The van der Waals surface area contributed by atoms with Crippen LogP contribution in [0.2, 0.25) is 0 Å². The summed E-state index contributed by atoms with van der Waals surface area (Å²) in [6.07, 6.45) is -0.0914. The smallest absolute Gasteiger partial charge is 0.420 e. The second-order valence-corrected chi connectivity index (χ2v) is 6.72. The van der Waals surface area contributed by atoms with E-state index >= 15 is 0 Å². The Morgan fingerprint density at radius 3 is 2.48 bits per heavy atom. The summed E-state index contributed by atoms with van der Waals surface area (Å²) in [7, 11) is 0. The van der Waals surface area contributed by atoms with Gasteiger partial charge >= 0.3 is 6.18 Å². The van der Waals surface area contributed by atoms with E-state index in [1.165, 1.54) is 34.7 Å². The van der Waals surface area contributed by atoms with Crippen LogP contribution in [0.25, 0.3) is 5.65 Å². The van der Waals surface area contributed by atoms with E-state index in [1.807, 2.05) is 0 Å². The summed E-state index contributed by atoms with van der Waals surface area (Å²) in [5.74, 6) is 1.06. The average Bonchev–Trinajstić information content (AvgIpc) is 3.35. The zero-order valence-corrected chi connectivity index (χ0v) is 14.3. The number of hydrogen-bond donors (Lipinski definition) is 0. The molecule has 142 valence electrons. The van der Waals surface area contributed by atoms with Crippen molar-refractivity contribution in [3.05, 3.63) is 59.3 Å². The zero-order valence-electron chi connectivity index (χ0n) is 14.3. The molecule has 8 heteroatoms. The van der Waals surface area contributed by atoms with Gasteiger partial charge in [-0.3, -0.25) is 4.40 Å². The Hall–Kier alpha value is -2.64. The molecule has 0 radical (unpaired) electrons. The number of rotatable bonds is 6. The summed E-state index contributed by atoms with van der Waals surface area (Å²) in [5.41, 5.74) is -0.845. The van der Waals surface area contributed by atoms with E-state index in [4.69, 9.17) is 4.74 Å². The predicted molar refractivity (Wildman–Crippen MR) is 90.0 cm³/mol. The number of fused-ring (bicyclic) bond motifs is 1. The van der Waals surface area contributed by atoms with E-state index < -0.39 is 17.6 Å². The first-order valence-corrected chi connectivity index (χ1v) is 8.73. The minimum Gasteiger partial charge on any atom is -0.493 e. The highest BCUT2D eigenvalue weighted by atomic mass is 19.4. The van der Waals surface area contributed by atoms with E-state index in [0.29, 0.717) is 23.9 Å². The van der Waals surface area contributed by atoms with Gasteiger partial charge in [-0.15, -0.1) is 10.2 Å². The quantitative estimate of drug-likeness (QED) is 0.594. The lowest BCUT2D eigenvalue weighted by atomic mass is 10.1. The van der Waals surface area contributed by atoms with E-state index in [2.05, 4.69) is 10.2 Å². The number of hydrogen-bond acceptors (Lipinski definition) is 3. The van der Waals surface area contributed by atoms with Crippen LogP contribution in [0.4, 0.5) is 17.6 Å². The van der Waals surface area contributed by atoms with Crippen molar-refractivity contribution in [3.63, 3.8) is 0 Å². The maximum absolute atomic E-state index is 13.7. The fraction of sp³-hybridized carbons (Fsp3) is 0.368. The molecule has 0 spiro atoms. The number of nitrogens with zero attached hydrogens (tertiary/aromatic N) is 3. The number of pyridine rings is 1. The van der Waals surface area contributed by atoms with Gasteiger partial charge in [0.2, 0.25) is 0 Å². The molecule has 0 N–H and O–H groups in total. The highest BCUT2D eigenvalue weighted by molar-refractivity contribution is 5.53. The molecule has 0 aliphatic heterocycles. The molecule has 0 atom stereocenters. The SMILES string of the molecule is Fc1ccc(OCCc2ccn3c(CC4CC4)nnc3c2C(F)(F)F)cc1. The van der Waals surface area contributed by atoms with Crippen molar-refractivity contribution in [1.82, 2.24) is 14.6 Å². The molecule has 4 nitrogen and oxygen atoms in total. The maximum atomic E-state index is 13.7. The van der Waals surface area contributed by atoms with Gasteiger partial charge < -0.3 is 4.74 Å². The van der Waals surface area contributed by atoms with Crippen LogP contribution < -0.4 is 4.74 Å². The minimum atomic E-state index is -4.54. The molecule has 1 saturated carbocycles. The second-order valence-electron chi connectivity index (χ2n) is 6.72. The normalized spacial score (nSPS) is 14.7. The van der Waals surface area contributed by atoms with Crippen molar-refractivity contribution in [2.45, 2.75) is 31.9 Å². The lowest BCUT2D eigenvalue weighted by Gasteiger charge is -2.14. The Bertz CT molecular complexity index is 946. The number of aromatic nitrogens is 3. The van der Waals surface area contributed by atoms with E-state index in [1.54, 1.807) is 6.20 Å².